The number of nitrogens with zero attached hydrogens (tertiary/aromatic N) is 1. The summed E-state index contributed by atoms with van der Waals surface area (Å²) in [6, 6.07) is 7.62. The van der Waals surface area contributed by atoms with E-state index in [1.165, 1.54) is 0 Å². The van der Waals surface area contributed by atoms with E-state index in [-0.39, 0.29) is 11.9 Å². The predicted molar refractivity (Wildman–Crippen MR) is 83.5 cm³/mol. The number of carbonyl (C=O) groups excluding carboxylic acids is 1. The van der Waals surface area contributed by atoms with E-state index in [1.807, 2.05) is 31.2 Å². The minimum Gasteiger partial charge on any atom is -0.383 e. The molecule has 5 heteroatoms. The molecule has 1 atom stereocenters. The van der Waals surface area contributed by atoms with Crippen LogP contribution in [0.4, 0.5) is 0 Å². The molecule has 1 amide bonds. The minimum atomic E-state index is -0.00380. The summed E-state index contributed by atoms with van der Waals surface area (Å²) in [6.45, 7) is 4.13. The number of benzene rings is 1. The summed E-state index contributed by atoms with van der Waals surface area (Å²) in [6.07, 6.45) is 0.821. The third-order valence-electron chi connectivity index (χ3n) is 3.37. The Balaban J connectivity index is 2.82. The summed E-state index contributed by atoms with van der Waals surface area (Å²) in [5.41, 5.74) is 7.35. The predicted octanol–water partition coefficient (Wildman–Crippen LogP) is 1.31. The molecule has 0 aliphatic rings. The fourth-order valence-electron chi connectivity index (χ4n) is 2.19. The molecule has 0 aliphatic carbocycles. The van der Waals surface area contributed by atoms with Crippen molar-refractivity contribution >= 4 is 5.91 Å². The second-order valence-electron chi connectivity index (χ2n) is 5.03. The molecule has 2 N–H and O–H groups in total. The van der Waals surface area contributed by atoms with E-state index in [9.17, 15) is 4.79 Å². The first-order chi connectivity index (χ1) is 10.1. The van der Waals surface area contributed by atoms with E-state index in [0.717, 1.165) is 12.0 Å². The fraction of sp³-hybridized carbons (Fsp3) is 0.562. The van der Waals surface area contributed by atoms with Crippen LogP contribution in [0.25, 0.3) is 0 Å². The highest BCUT2D eigenvalue weighted by molar-refractivity contribution is 5.94. The average Bonchev–Trinajstić information content (AvgIpc) is 2.49. The van der Waals surface area contributed by atoms with Crippen molar-refractivity contribution in [2.75, 3.05) is 40.5 Å². The number of hydrogen-bond acceptors (Lipinski definition) is 4. The molecule has 5 nitrogen and oxygen atoms in total. The molecule has 0 saturated heterocycles. The largest absolute Gasteiger partial charge is 0.383 e. The first kappa shape index (κ1) is 17.6. The van der Waals surface area contributed by atoms with Crippen LogP contribution in [-0.4, -0.2) is 57.4 Å². The Morgan fingerprint density at radius 1 is 1.24 bits per heavy atom. The average molecular weight is 294 g/mol. The van der Waals surface area contributed by atoms with Crippen LogP contribution in [0.3, 0.4) is 0 Å². The van der Waals surface area contributed by atoms with Crippen molar-refractivity contribution in [1.29, 1.82) is 0 Å². The van der Waals surface area contributed by atoms with Gasteiger partial charge < -0.3 is 20.1 Å². The van der Waals surface area contributed by atoms with Gasteiger partial charge in [-0.3, -0.25) is 4.79 Å². The Morgan fingerprint density at radius 3 is 2.43 bits per heavy atom. The molecule has 0 spiro atoms. The van der Waals surface area contributed by atoms with E-state index < -0.39 is 0 Å². The molecule has 0 bridgehead atoms. The highest BCUT2D eigenvalue weighted by Crippen LogP contribution is 2.11. The van der Waals surface area contributed by atoms with Crippen LogP contribution >= 0.6 is 0 Å². The maximum absolute atomic E-state index is 12.6. The molecule has 1 aromatic rings. The van der Waals surface area contributed by atoms with E-state index in [0.29, 0.717) is 31.9 Å². The maximum Gasteiger partial charge on any atom is 0.254 e. The number of hydrogen-bond donors (Lipinski definition) is 1. The monoisotopic (exact) mass is 294 g/mol. The van der Waals surface area contributed by atoms with Crippen LogP contribution in [0.2, 0.25) is 0 Å². The molecular formula is C16H26N2O3. The third kappa shape index (κ3) is 5.46. The topological polar surface area (TPSA) is 64.8 Å². The van der Waals surface area contributed by atoms with Crippen LogP contribution in [0, 0.1) is 0 Å². The molecule has 0 aromatic heterocycles. The highest BCUT2D eigenvalue weighted by atomic mass is 16.5. The SMILES string of the molecule is COCCN(C(=O)c1ccc(CCN)cc1)C(C)COC. The summed E-state index contributed by atoms with van der Waals surface area (Å²) in [7, 11) is 3.27. The van der Waals surface area contributed by atoms with Gasteiger partial charge in [0.25, 0.3) is 5.91 Å². The number of rotatable bonds is 9. The second-order valence-corrected chi connectivity index (χ2v) is 5.03. The zero-order chi connectivity index (χ0) is 15.7. The molecule has 0 heterocycles. The third-order valence-corrected chi connectivity index (χ3v) is 3.37. The Hall–Kier alpha value is -1.43. The molecule has 1 unspecified atom stereocenters. The highest BCUT2D eigenvalue weighted by Gasteiger charge is 2.21. The van der Waals surface area contributed by atoms with Gasteiger partial charge in [-0.05, 0) is 37.6 Å². The van der Waals surface area contributed by atoms with Crippen molar-refractivity contribution in [3.8, 4) is 0 Å². The summed E-state index contributed by atoms with van der Waals surface area (Å²) >= 11 is 0. The Labute approximate surface area is 127 Å². The molecular weight excluding hydrogens is 268 g/mol. The number of amides is 1. The molecule has 1 aromatic carbocycles. The smallest absolute Gasteiger partial charge is 0.254 e. The van der Waals surface area contributed by atoms with E-state index >= 15 is 0 Å². The number of ether oxygens (including phenoxy) is 2. The van der Waals surface area contributed by atoms with Gasteiger partial charge in [-0.15, -0.1) is 0 Å². The van der Waals surface area contributed by atoms with E-state index in [4.69, 9.17) is 15.2 Å². The first-order valence-electron chi connectivity index (χ1n) is 7.21. The van der Waals surface area contributed by atoms with Crippen LogP contribution in [0.1, 0.15) is 22.8 Å². The Morgan fingerprint density at radius 2 is 1.90 bits per heavy atom. The molecule has 0 radical (unpaired) electrons. The summed E-state index contributed by atoms with van der Waals surface area (Å²) in [5.74, 6) is -0.00380. The van der Waals surface area contributed by atoms with Crippen LogP contribution in [0.15, 0.2) is 24.3 Å². The lowest BCUT2D eigenvalue weighted by atomic mass is 10.1. The molecule has 0 aliphatic heterocycles. The second kappa shape index (κ2) is 9.50. The van der Waals surface area contributed by atoms with Crippen molar-refractivity contribution in [3.63, 3.8) is 0 Å². The van der Waals surface area contributed by atoms with Crippen LogP contribution in [0.5, 0.6) is 0 Å². The van der Waals surface area contributed by atoms with Crippen molar-refractivity contribution < 1.29 is 14.3 Å². The van der Waals surface area contributed by atoms with Crippen molar-refractivity contribution in [2.45, 2.75) is 19.4 Å². The first-order valence-corrected chi connectivity index (χ1v) is 7.21. The molecule has 1 rings (SSSR count). The van der Waals surface area contributed by atoms with Gasteiger partial charge in [0.2, 0.25) is 0 Å². The molecule has 118 valence electrons. The molecule has 0 saturated carbocycles. The van der Waals surface area contributed by atoms with Gasteiger partial charge in [0.1, 0.15) is 0 Å². The standard InChI is InChI=1S/C16H26N2O3/c1-13(12-21-3)18(10-11-20-2)16(19)15-6-4-14(5-7-15)8-9-17/h4-7,13H,8-12,17H2,1-3H3. The Bertz CT molecular complexity index is 420. The number of nitrogens with two attached hydrogens (primary N) is 1. The van der Waals surface area contributed by atoms with Gasteiger partial charge >= 0.3 is 0 Å². The number of methoxy groups -OCH3 is 2. The zero-order valence-electron chi connectivity index (χ0n) is 13.2. The quantitative estimate of drug-likeness (QED) is 0.746. The fourth-order valence-corrected chi connectivity index (χ4v) is 2.19. The summed E-state index contributed by atoms with van der Waals surface area (Å²) in [5, 5.41) is 0. The number of carbonyl (C=O) groups is 1. The normalized spacial score (nSPS) is 12.2. The van der Waals surface area contributed by atoms with Gasteiger partial charge in [-0.2, -0.15) is 0 Å². The van der Waals surface area contributed by atoms with E-state index in [1.54, 1.807) is 19.1 Å². The van der Waals surface area contributed by atoms with Crippen molar-refractivity contribution in [3.05, 3.63) is 35.4 Å². The van der Waals surface area contributed by atoms with Gasteiger partial charge in [-0.25, -0.2) is 0 Å². The lowest BCUT2D eigenvalue weighted by Gasteiger charge is -2.28. The summed E-state index contributed by atoms with van der Waals surface area (Å²) in [4.78, 5) is 14.4. The van der Waals surface area contributed by atoms with Gasteiger partial charge in [0.15, 0.2) is 0 Å². The van der Waals surface area contributed by atoms with Gasteiger partial charge in [-0.1, -0.05) is 12.1 Å². The van der Waals surface area contributed by atoms with E-state index in [2.05, 4.69) is 0 Å². The van der Waals surface area contributed by atoms with Gasteiger partial charge in [0, 0.05) is 26.3 Å². The lowest BCUT2D eigenvalue weighted by Crippen LogP contribution is -2.43. The molecule has 0 fully saturated rings. The Kier molecular flexibility index (Phi) is 7.97. The van der Waals surface area contributed by atoms with Crippen LogP contribution < -0.4 is 5.73 Å². The lowest BCUT2D eigenvalue weighted by molar-refractivity contribution is 0.0479. The van der Waals surface area contributed by atoms with Crippen LogP contribution in [-0.2, 0) is 15.9 Å². The zero-order valence-corrected chi connectivity index (χ0v) is 13.2. The van der Waals surface area contributed by atoms with Crippen molar-refractivity contribution in [2.24, 2.45) is 5.73 Å². The van der Waals surface area contributed by atoms with Crippen molar-refractivity contribution in [1.82, 2.24) is 4.90 Å². The molecule has 21 heavy (non-hydrogen) atoms. The van der Waals surface area contributed by atoms with Gasteiger partial charge in [0.05, 0.1) is 19.3 Å². The summed E-state index contributed by atoms with van der Waals surface area (Å²) < 4.78 is 10.2. The maximum atomic E-state index is 12.6. The minimum absolute atomic E-state index is 0.00127.